The third-order valence-electron chi connectivity index (χ3n) is 6.90. The van der Waals surface area contributed by atoms with Crippen molar-refractivity contribution >= 4 is 11.8 Å². The first-order chi connectivity index (χ1) is 15.9. The van der Waals surface area contributed by atoms with Crippen LogP contribution < -0.4 is 0 Å². The maximum absolute atomic E-state index is 13.4. The van der Waals surface area contributed by atoms with Crippen LogP contribution in [0, 0.1) is 0 Å². The molecule has 1 atom stereocenters. The van der Waals surface area contributed by atoms with Gasteiger partial charge in [-0.3, -0.25) is 9.59 Å². The molecule has 0 spiro atoms. The molecule has 180 valence electrons. The molecule has 2 amide bonds. The van der Waals surface area contributed by atoms with Crippen LogP contribution in [0.15, 0.2) is 42.6 Å². The molecule has 1 saturated carbocycles. The molecule has 0 radical (unpaired) electrons. The number of rotatable bonds is 13. The van der Waals surface area contributed by atoms with Crippen molar-refractivity contribution in [2.24, 2.45) is 7.05 Å². The maximum atomic E-state index is 13.4. The average molecular weight is 452 g/mol. The number of benzene rings is 1. The zero-order valence-corrected chi connectivity index (χ0v) is 20.9. The van der Waals surface area contributed by atoms with E-state index in [1.807, 2.05) is 43.3 Å². The lowest BCUT2D eigenvalue weighted by Gasteiger charge is -2.31. The Hall–Kier alpha value is -2.56. The molecule has 1 aromatic carbocycles. The standard InChI is InChI=1S/C28H41N3O2/c1-5-7-8-9-11-23-13-15-24(16-14-23)28(33)30(22(3)6-2)21-27(32)31(25-17-18-25)20-26-12-10-19-29(26)4/h10,12-16,19,22,25H,5-9,11,17-18,20-21H2,1-4H3. The van der Waals surface area contributed by atoms with Crippen LogP contribution in [0.25, 0.3) is 0 Å². The molecule has 1 heterocycles. The van der Waals surface area contributed by atoms with Gasteiger partial charge in [0.05, 0.1) is 6.54 Å². The summed E-state index contributed by atoms with van der Waals surface area (Å²) in [7, 11) is 2.01. The molecule has 0 N–H and O–H groups in total. The highest BCUT2D eigenvalue weighted by Gasteiger charge is 2.35. The molecule has 33 heavy (non-hydrogen) atoms. The zero-order valence-electron chi connectivity index (χ0n) is 20.9. The number of aromatic nitrogens is 1. The van der Waals surface area contributed by atoms with Crippen molar-refractivity contribution in [1.29, 1.82) is 0 Å². The topological polar surface area (TPSA) is 45.6 Å². The molecule has 1 aromatic heterocycles. The van der Waals surface area contributed by atoms with Crippen molar-refractivity contribution in [2.75, 3.05) is 6.54 Å². The van der Waals surface area contributed by atoms with Gasteiger partial charge in [0.25, 0.3) is 5.91 Å². The van der Waals surface area contributed by atoms with E-state index in [0.717, 1.165) is 31.4 Å². The summed E-state index contributed by atoms with van der Waals surface area (Å²) in [4.78, 5) is 30.5. The SMILES string of the molecule is CCCCCCc1ccc(C(=O)N(CC(=O)N(Cc2cccn2C)C2CC2)C(C)CC)cc1. The van der Waals surface area contributed by atoms with E-state index in [9.17, 15) is 9.59 Å². The van der Waals surface area contributed by atoms with Gasteiger partial charge >= 0.3 is 0 Å². The van der Waals surface area contributed by atoms with E-state index in [1.165, 1.54) is 31.2 Å². The van der Waals surface area contributed by atoms with Gasteiger partial charge in [-0.15, -0.1) is 0 Å². The van der Waals surface area contributed by atoms with Crippen LogP contribution in [0.5, 0.6) is 0 Å². The fraction of sp³-hybridized carbons (Fsp3) is 0.571. The molecule has 1 unspecified atom stereocenters. The third kappa shape index (κ3) is 6.96. The van der Waals surface area contributed by atoms with Gasteiger partial charge in [-0.05, 0) is 68.9 Å². The molecular formula is C28H41N3O2. The second-order valence-corrected chi connectivity index (χ2v) is 9.56. The smallest absolute Gasteiger partial charge is 0.254 e. The van der Waals surface area contributed by atoms with Gasteiger partial charge in [0.15, 0.2) is 0 Å². The highest BCUT2D eigenvalue weighted by molar-refractivity contribution is 5.96. The van der Waals surface area contributed by atoms with Crippen molar-refractivity contribution < 1.29 is 9.59 Å². The number of amides is 2. The molecule has 0 bridgehead atoms. The number of carbonyl (C=O) groups excluding carboxylic acids is 2. The Balaban J connectivity index is 1.67. The Morgan fingerprint density at radius 1 is 1.06 bits per heavy atom. The van der Waals surface area contributed by atoms with Crippen molar-refractivity contribution in [2.45, 2.75) is 90.8 Å². The van der Waals surface area contributed by atoms with E-state index >= 15 is 0 Å². The maximum Gasteiger partial charge on any atom is 0.254 e. The van der Waals surface area contributed by atoms with Crippen molar-refractivity contribution in [3.63, 3.8) is 0 Å². The zero-order chi connectivity index (χ0) is 23.8. The van der Waals surface area contributed by atoms with Gasteiger partial charge < -0.3 is 14.4 Å². The fourth-order valence-electron chi connectivity index (χ4n) is 4.26. The first-order valence-electron chi connectivity index (χ1n) is 12.7. The van der Waals surface area contributed by atoms with Gasteiger partial charge in [-0.1, -0.05) is 45.2 Å². The second kappa shape index (κ2) is 12.1. The molecule has 1 fully saturated rings. The second-order valence-electron chi connectivity index (χ2n) is 9.56. The van der Waals surface area contributed by atoms with E-state index in [-0.39, 0.29) is 24.4 Å². The Morgan fingerprint density at radius 3 is 2.36 bits per heavy atom. The van der Waals surface area contributed by atoms with Crippen LogP contribution >= 0.6 is 0 Å². The number of hydrogen-bond acceptors (Lipinski definition) is 2. The molecule has 0 aliphatic heterocycles. The first kappa shape index (κ1) is 25.1. The quantitative estimate of drug-likeness (QED) is 0.373. The minimum atomic E-state index is -0.0511. The van der Waals surface area contributed by atoms with E-state index in [2.05, 4.69) is 36.6 Å². The van der Waals surface area contributed by atoms with Gasteiger partial charge in [-0.25, -0.2) is 0 Å². The lowest BCUT2D eigenvalue weighted by Crippen LogP contribution is -2.47. The number of carbonyl (C=O) groups is 2. The van der Waals surface area contributed by atoms with Crippen molar-refractivity contribution in [3.8, 4) is 0 Å². The van der Waals surface area contributed by atoms with Crippen LogP contribution in [0.4, 0.5) is 0 Å². The lowest BCUT2D eigenvalue weighted by molar-refractivity contribution is -0.133. The van der Waals surface area contributed by atoms with Gasteiger partial charge in [-0.2, -0.15) is 0 Å². The van der Waals surface area contributed by atoms with E-state index < -0.39 is 0 Å². The molecular weight excluding hydrogens is 410 g/mol. The molecule has 2 aromatic rings. The normalized spacial score (nSPS) is 14.2. The Kier molecular flexibility index (Phi) is 9.16. The van der Waals surface area contributed by atoms with Crippen LogP contribution in [0.3, 0.4) is 0 Å². The summed E-state index contributed by atoms with van der Waals surface area (Å²) < 4.78 is 2.06. The molecule has 0 saturated heterocycles. The van der Waals surface area contributed by atoms with Crippen LogP contribution in [0.1, 0.15) is 87.3 Å². The number of hydrogen-bond donors (Lipinski definition) is 0. The molecule has 5 nitrogen and oxygen atoms in total. The largest absolute Gasteiger partial charge is 0.353 e. The van der Waals surface area contributed by atoms with Gasteiger partial charge in [0, 0.05) is 36.6 Å². The summed E-state index contributed by atoms with van der Waals surface area (Å²) in [6, 6.07) is 12.4. The molecule has 5 heteroatoms. The van der Waals surface area contributed by atoms with Gasteiger partial charge in [0.1, 0.15) is 6.54 Å². The van der Waals surface area contributed by atoms with E-state index in [1.54, 1.807) is 4.90 Å². The molecule has 3 rings (SSSR count). The molecule has 1 aliphatic carbocycles. The monoisotopic (exact) mass is 451 g/mol. The summed E-state index contributed by atoms with van der Waals surface area (Å²) >= 11 is 0. The number of aryl methyl sites for hydroxylation is 2. The van der Waals surface area contributed by atoms with E-state index in [4.69, 9.17) is 0 Å². The Morgan fingerprint density at radius 2 is 1.79 bits per heavy atom. The third-order valence-corrected chi connectivity index (χ3v) is 6.90. The summed E-state index contributed by atoms with van der Waals surface area (Å²) in [5.74, 6) is -0.00950. The number of nitrogens with zero attached hydrogens (tertiary/aromatic N) is 3. The minimum Gasteiger partial charge on any atom is -0.353 e. The Labute approximate surface area is 199 Å². The summed E-state index contributed by atoms with van der Waals surface area (Å²) in [6.45, 7) is 7.05. The van der Waals surface area contributed by atoms with Crippen LogP contribution in [0.2, 0.25) is 0 Å². The fourth-order valence-corrected chi connectivity index (χ4v) is 4.26. The van der Waals surface area contributed by atoms with Crippen LogP contribution in [-0.2, 0) is 24.8 Å². The average Bonchev–Trinajstić information content (AvgIpc) is 3.59. The summed E-state index contributed by atoms with van der Waals surface area (Å²) in [6.07, 6.45) is 10.9. The number of unbranched alkanes of at least 4 members (excludes halogenated alkanes) is 3. The van der Waals surface area contributed by atoms with Gasteiger partial charge in [0.2, 0.25) is 5.91 Å². The first-order valence-corrected chi connectivity index (χ1v) is 12.7. The molecule has 1 aliphatic rings. The minimum absolute atomic E-state index is 0.00580. The lowest BCUT2D eigenvalue weighted by atomic mass is 10.0. The van der Waals surface area contributed by atoms with Crippen LogP contribution in [-0.4, -0.2) is 44.8 Å². The van der Waals surface area contributed by atoms with E-state index in [0.29, 0.717) is 18.2 Å². The summed E-state index contributed by atoms with van der Waals surface area (Å²) in [5, 5.41) is 0. The van der Waals surface area contributed by atoms with Crippen molar-refractivity contribution in [1.82, 2.24) is 14.4 Å². The predicted molar refractivity (Wildman–Crippen MR) is 134 cm³/mol. The van der Waals surface area contributed by atoms with Crippen molar-refractivity contribution in [3.05, 3.63) is 59.4 Å². The highest BCUT2D eigenvalue weighted by atomic mass is 16.2. The highest BCUT2D eigenvalue weighted by Crippen LogP contribution is 2.29. The Bertz CT molecular complexity index is 898. The predicted octanol–water partition coefficient (Wildman–Crippen LogP) is 5.58. The summed E-state index contributed by atoms with van der Waals surface area (Å²) in [5.41, 5.74) is 3.06.